The summed E-state index contributed by atoms with van der Waals surface area (Å²) >= 11 is 0. The molecule has 2 aliphatic rings. The average molecular weight is 945 g/mol. The van der Waals surface area contributed by atoms with E-state index >= 15 is 26.3 Å². The van der Waals surface area contributed by atoms with E-state index in [0.717, 1.165) is 49.7 Å². The summed E-state index contributed by atoms with van der Waals surface area (Å²) in [5.41, 5.74) is -6.26. The molecule has 12 nitrogen and oxygen atoms in total. The molecule has 6 aromatic rings. The lowest BCUT2D eigenvalue weighted by Gasteiger charge is -2.38. The molecule has 0 atom stereocenters. The Morgan fingerprint density at radius 2 is 0.667 bits per heavy atom. The van der Waals surface area contributed by atoms with E-state index < -0.39 is 74.8 Å². The van der Waals surface area contributed by atoms with Gasteiger partial charge in [0.15, 0.2) is 0 Å². The van der Waals surface area contributed by atoms with Gasteiger partial charge in [-0.3, -0.25) is 19.2 Å². The van der Waals surface area contributed by atoms with Crippen molar-refractivity contribution in [1.82, 2.24) is 0 Å². The van der Waals surface area contributed by atoms with Crippen LogP contribution in [0.1, 0.15) is 80.3 Å². The van der Waals surface area contributed by atoms with E-state index in [9.17, 15) is 19.2 Å². The van der Waals surface area contributed by atoms with Crippen molar-refractivity contribution >= 4 is 69.1 Å². The summed E-state index contributed by atoms with van der Waals surface area (Å²) in [6, 6.07) is 29.1. The molecule has 0 spiro atoms. The third kappa shape index (κ3) is 8.50. The number of imide groups is 2. The van der Waals surface area contributed by atoms with Crippen molar-refractivity contribution in [3.8, 4) is 0 Å². The number of halogens is 6. The maximum atomic E-state index is 15.5. The predicted molar refractivity (Wildman–Crippen MR) is 249 cm³/mol. The predicted octanol–water partition coefficient (Wildman–Crippen LogP) is 13.2. The second kappa shape index (κ2) is 18.6. The van der Waals surface area contributed by atoms with Crippen LogP contribution in [0.5, 0.6) is 0 Å². The number of nitrogens with zero attached hydrogens (tertiary/aromatic N) is 8. The van der Waals surface area contributed by atoms with Crippen LogP contribution in [0.15, 0.2) is 154 Å². The molecule has 0 fully saturated rings. The number of hydrogen-bond acceptors (Lipinski definition) is 10. The van der Waals surface area contributed by atoms with E-state index in [1.807, 2.05) is 52.0 Å². The van der Waals surface area contributed by atoms with Gasteiger partial charge < -0.3 is 9.80 Å². The first-order valence-corrected chi connectivity index (χ1v) is 21.9. The molecule has 0 bridgehead atoms. The Morgan fingerprint density at radius 1 is 0.391 bits per heavy atom. The fourth-order valence-electron chi connectivity index (χ4n) is 8.60. The van der Waals surface area contributed by atoms with Gasteiger partial charge in [-0.15, -0.1) is 0 Å². The van der Waals surface area contributed by atoms with Crippen LogP contribution in [0.2, 0.25) is 0 Å². The Hall–Kier alpha value is -8.02. The van der Waals surface area contributed by atoms with Gasteiger partial charge in [0.25, 0.3) is 23.6 Å². The quantitative estimate of drug-likeness (QED) is 0.0607. The molecule has 18 heteroatoms. The number of azo groups is 2. The normalized spacial score (nSPS) is 14.1. The number of hydrogen-bond donors (Lipinski definition) is 0. The Bertz CT molecular complexity index is 2800. The molecule has 2 heterocycles. The summed E-state index contributed by atoms with van der Waals surface area (Å²) in [7, 11) is 0. The molecule has 0 aliphatic carbocycles. The monoisotopic (exact) mass is 944 g/mol. The molecule has 0 aromatic heterocycles. The number of rotatable bonds is 14. The van der Waals surface area contributed by atoms with E-state index in [4.69, 9.17) is 0 Å². The molecule has 8 rings (SSSR count). The highest BCUT2D eigenvalue weighted by Gasteiger charge is 2.73. The lowest BCUT2D eigenvalue weighted by atomic mass is 9.71. The van der Waals surface area contributed by atoms with E-state index in [1.54, 1.807) is 24.3 Å². The zero-order valence-corrected chi connectivity index (χ0v) is 37.5. The molecular formula is C51H42F6N8O4. The van der Waals surface area contributed by atoms with Gasteiger partial charge in [-0.1, -0.05) is 12.1 Å². The summed E-state index contributed by atoms with van der Waals surface area (Å²) in [4.78, 5) is 60.4. The maximum absolute atomic E-state index is 15.5. The van der Waals surface area contributed by atoms with Crippen LogP contribution in [-0.4, -0.2) is 62.2 Å². The second-order valence-electron chi connectivity index (χ2n) is 16.0. The molecule has 0 saturated heterocycles. The van der Waals surface area contributed by atoms with Gasteiger partial charge in [0.05, 0.1) is 56.4 Å². The van der Waals surface area contributed by atoms with Gasteiger partial charge in [-0.2, -0.15) is 46.8 Å². The summed E-state index contributed by atoms with van der Waals surface area (Å²) in [6.07, 6.45) is -12.3. The number of carbonyl (C=O) groups excluding carboxylic acids is 4. The second-order valence-corrected chi connectivity index (χ2v) is 16.0. The maximum Gasteiger partial charge on any atom is 0.411 e. The van der Waals surface area contributed by atoms with Crippen molar-refractivity contribution in [2.24, 2.45) is 20.5 Å². The lowest BCUT2D eigenvalue weighted by molar-refractivity contribution is -0.288. The molecule has 0 N–H and O–H groups in total. The van der Waals surface area contributed by atoms with E-state index in [2.05, 4.69) is 30.3 Å². The van der Waals surface area contributed by atoms with Crippen molar-refractivity contribution in [2.75, 3.05) is 45.8 Å². The minimum absolute atomic E-state index is 0.0229. The largest absolute Gasteiger partial charge is 0.411 e. The fourth-order valence-corrected chi connectivity index (χ4v) is 8.60. The lowest BCUT2D eigenvalue weighted by Crippen LogP contribution is -2.55. The number of benzene rings is 6. The molecule has 4 amide bonds. The minimum Gasteiger partial charge on any atom is -0.372 e. The topological polar surface area (TPSA) is 131 Å². The Balaban J connectivity index is 1.05. The number of anilines is 4. The molecule has 6 aromatic carbocycles. The Kier molecular flexibility index (Phi) is 12.8. The third-order valence-electron chi connectivity index (χ3n) is 12.2. The van der Waals surface area contributed by atoms with Crippen molar-refractivity contribution in [2.45, 2.75) is 45.5 Å². The van der Waals surface area contributed by atoms with Crippen LogP contribution in [-0.2, 0) is 5.41 Å². The van der Waals surface area contributed by atoms with Crippen LogP contribution in [0.25, 0.3) is 0 Å². The Morgan fingerprint density at radius 3 is 0.942 bits per heavy atom. The molecular weight excluding hydrogens is 903 g/mol. The molecule has 0 unspecified atom stereocenters. The summed E-state index contributed by atoms with van der Waals surface area (Å²) in [5, 5.41) is 16.8. The van der Waals surface area contributed by atoms with Crippen molar-refractivity contribution in [3.63, 3.8) is 0 Å². The van der Waals surface area contributed by atoms with Crippen LogP contribution < -0.4 is 19.6 Å². The van der Waals surface area contributed by atoms with Gasteiger partial charge in [0.1, 0.15) is 0 Å². The van der Waals surface area contributed by atoms with Crippen LogP contribution in [0.3, 0.4) is 0 Å². The minimum atomic E-state index is -6.14. The van der Waals surface area contributed by atoms with Crippen LogP contribution in [0, 0.1) is 0 Å². The SMILES string of the molecule is CCN(CC)c1ccc(N=Nc2ccc(N3C(=O)c4ccc(C(c5ccc6c(c5)C(=O)N(c5ccc(N=Nc7ccc(N(CC)CC)cc7)cc5)C6=O)(C(F)(F)F)C(F)(F)F)cc4C3=O)cc2)cc1. The van der Waals surface area contributed by atoms with Gasteiger partial charge in [0.2, 0.25) is 5.41 Å². The van der Waals surface area contributed by atoms with Gasteiger partial charge >= 0.3 is 12.4 Å². The van der Waals surface area contributed by atoms with Gasteiger partial charge in [-0.25, -0.2) is 9.80 Å². The Labute approximate surface area is 392 Å². The van der Waals surface area contributed by atoms with E-state index in [0.29, 0.717) is 56.8 Å². The van der Waals surface area contributed by atoms with Crippen molar-refractivity contribution in [3.05, 3.63) is 167 Å². The van der Waals surface area contributed by atoms with Crippen molar-refractivity contribution in [1.29, 1.82) is 0 Å². The molecule has 2 aliphatic heterocycles. The molecule has 0 saturated carbocycles. The number of fused-ring (bicyclic) bond motifs is 2. The summed E-state index contributed by atoms with van der Waals surface area (Å²) in [6.45, 7) is 11.5. The highest BCUT2D eigenvalue weighted by Crippen LogP contribution is 2.57. The summed E-state index contributed by atoms with van der Waals surface area (Å²) in [5.74, 6) is -4.29. The smallest absolute Gasteiger partial charge is 0.372 e. The molecule has 0 radical (unpaired) electrons. The first-order valence-electron chi connectivity index (χ1n) is 21.9. The highest BCUT2D eigenvalue weighted by molar-refractivity contribution is 6.35. The number of amides is 4. The fraction of sp³-hybridized carbons (Fsp3) is 0.216. The van der Waals surface area contributed by atoms with Crippen LogP contribution >= 0.6 is 0 Å². The summed E-state index contributed by atoms with van der Waals surface area (Å²) < 4.78 is 92.8. The standard InChI is InChI=1S/C51H42F6N8O4/c1-5-62(6-2)37-19-11-33(12-20-37)58-60-35-15-23-39(24-16-35)64-45(66)41-27-9-31(29-43(41)47(64)68)49(50(52,53)54,51(55,56)57)32-10-28-42-44(30-32)48(69)65(46(42)67)40-25-17-36(18-26-40)61-59-34-13-21-38(22-14-34)63(7-3)8-4/h9-30H,5-8H2,1-4H3. The third-order valence-corrected chi connectivity index (χ3v) is 12.2. The highest BCUT2D eigenvalue weighted by atomic mass is 19.4. The van der Waals surface area contributed by atoms with Crippen LogP contribution in [0.4, 0.5) is 71.8 Å². The van der Waals surface area contributed by atoms with Gasteiger partial charge in [0, 0.05) is 37.6 Å². The zero-order chi connectivity index (χ0) is 49.4. The first kappa shape index (κ1) is 47.5. The number of alkyl halides is 6. The van der Waals surface area contributed by atoms with Gasteiger partial charge in [-0.05, 0) is 160 Å². The molecule has 352 valence electrons. The van der Waals surface area contributed by atoms with E-state index in [-0.39, 0.29) is 11.4 Å². The average Bonchev–Trinajstić information content (AvgIpc) is 3.74. The number of carbonyl (C=O) groups is 4. The first-order chi connectivity index (χ1) is 32.9. The van der Waals surface area contributed by atoms with E-state index in [1.165, 1.54) is 48.5 Å². The molecule has 69 heavy (non-hydrogen) atoms. The zero-order valence-electron chi connectivity index (χ0n) is 37.5. The van der Waals surface area contributed by atoms with Crippen molar-refractivity contribution < 1.29 is 45.5 Å².